The summed E-state index contributed by atoms with van der Waals surface area (Å²) in [5, 5.41) is 20.6. The molecule has 5 atom stereocenters. The topological polar surface area (TPSA) is 231 Å². The number of carbonyl (C=O) groups is 3. The number of hydrogen-bond acceptors (Lipinski definition) is 14. The number of aliphatic hydroxyl groups excluding tert-OH is 2. The summed E-state index contributed by atoms with van der Waals surface area (Å²) in [6, 6.07) is 0. The summed E-state index contributed by atoms with van der Waals surface area (Å²) in [6.45, 7) is 2.39. The lowest BCUT2D eigenvalue weighted by Crippen LogP contribution is -2.30. The van der Waals surface area contributed by atoms with E-state index in [1.54, 1.807) is 0 Å². The number of allylic oxidation sites excluding steroid dienone is 22. The van der Waals surface area contributed by atoms with Crippen LogP contribution in [0.1, 0.15) is 290 Å². The molecule has 0 aliphatic rings. The van der Waals surface area contributed by atoms with E-state index in [0.29, 0.717) is 25.7 Å². The van der Waals surface area contributed by atoms with Gasteiger partial charge in [0.15, 0.2) is 6.10 Å². The molecule has 0 fully saturated rings. The maximum atomic E-state index is 12.9. The van der Waals surface area contributed by atoms with E-state index >= 15 is 0 Å². The Morgan fingerprint density at radius 2 is 0.557 bits per heavy atom. The van der Waals surface area contributed by atoms with Crippen LogP contribution >= 0.6 is 15.6 Å². The second-order valence-corrected chi connectivity index (χ2v) is 27.6. The Kier molecular flexibility index (Phi) is 68.3. The van der Waals surface area contributed by atoms with E-state index in [1.807, 2.05) is 12.2 Å². The van der Waals surface area contributed by atoms with Gasteiger partial charge in [-0.2, -0.15) is 0 Å². The third-order valence-corrected chi connectivity index (χ3v) is 17.3. The molecule has 0 saturated carbocycles. The average molecular weight is 1400 g/mol. The number of phosphoric acid groups is 2. The monoisotopic (exact) mass is 1400 g/mol. The van der Waals surface area contributed by atoms with Crippen molar-refractivity contribution in [3.05, 3.63) is 134 Å². The maximum absolute atomic E-state index is 12.9. The Balaban J connectivity index is 4.55. The molecule has 0 aliphatic heterocycles. The summed E-state index contributed by atoms with van der Waals surface area (Å²) < 4.78 is 61.0. The molecule has 0 rings (SSSR count). The number of carbonyl (C=O) groups excluding carboxylic acids is 3. The molecule has 0 aromatic carbocycles. The van der Waals surface area contributed by atoms with Crippen LogP contribution in [0.15, 0.2) is 134 Å². The van der Waals surface area contributed by atoms with Crippen molar-refractivity contribution in [1.29, 1.82) is 0 Å². The zero-order valence-electron chi connectivity index (χ0n) is 60.5. The van der Waals surface area contributed by atoms with Crippen LogP contribution in [0.3, 0.4) is 0 Å². The standard InChI is InChI=1S/C79H134O16P2/c1-4-7-10-13-16-19-22-25-28-30-31-32-33-34-35-36-37-38-39-40-41-43-46-47-50-53-56-59-62-65-77(82)89-68-74(80)69-91-96(85,86)92-70-75(81)71-93-97(87,88)94-73-76(95-79(84)67-64-61-58-55-52-49-44-27-24-21-18-15-12-9-6-3)72-90-78(83)66-63-60-57-54-51-48-45-42-29-26-23-20-17-14-11-8-5-2/h7-8,10-11,16-17,19-20,25-26,28-29,31-32,34-35,37-38,45,48,54,57,74-76,80-81H,4-6,9,12-15,18,21-24,27,30,33,36,39-44,46-47,49-53,55-56,58-73H2,1-3H3,(H,85,86)(H,87,88)/b10-7-,11-8-,19-16-,20-17-,28-25-,29-26-,32-31-,35-34-,38-37-,48-45-,57-54-. The van der Waals surface area contributed by atoms with Gasteiger partial charge in [0.1, 0.15) is 25.4 Å². The highest BCUT2D eigenvalue weighted by Crippen LogP contribution is 2.45. The molecule has 0 spiro atoms. The van der Waals surface area contributed by atoms with E-state index in [2.05, 4.69) is 142 Å². The Bertz CT molecular complexity index is 2300. The molecule has 0 saturated heterocycles. The molecule has 4 N–H and O–H groups in total. The second kappa shape index (κ2) is 71.5. The largest absolute Gasteiger partial charge is 0.472 e. The van der Waals surface area contributed by atoms with Crippen LogP contribution in [0.2, 0.25) is 0 Å². The van der Waals surface area contributed by atoms with Crippen molar-refractivity contribution < 1.29 is 75.8 Å². The van der Waals surface area contributed by atoms with Gasteiger partial charge in [-0.1, -0.05) is 296 Å². The summed E-state index contributed by atoms with van der Waals surface area (Å²) in [5.74, 6) is -1.64. The van der Waals surface area contributed by atoms with Gasteiger partial charge in [0.25, 0.3) is 0 Å². The van der Waals surface area contributed by atoms with Gasteiger partial charge in [-0.25, -0.2) is 9.13 Å². The highest BCUT2D eigenvalue weighted by atomic mass is 31.2. The fraction of sp³-hybridized carbons (Fsp3) is 0.684. The van der Waals surface area contributed by atoms with Crippen molar-refractivity contribution in [3.8, 4) is 0 Å². The van der Waals surface area contributed by atoms with Crippen LogP contribution in [0.4, 0.5) is 0 Å². The number of phosphoric ester groups is 2. The van der Waals surface area contributed by atoms with Crippen LogP contribution in [-0.4, -0.2) is 95.9 Å². The van der Waals surface area contributed by atoms with Gasteiger partial charge >= 0.3 is 33.6 Å². The Labute approximate surface area is 588 Å². The van der Waals surface area contributed by atoms with Gasteiger partial charge in [-0.15, -0.1) is 0 Å². The van der Waals surface area contributed by atoms with E-state index in [1.165, 1.54) is 96.3 Å². The van der Waals surface area contributed by atoms with E-state index < -0.39 is 91.5 Å². The zero-order chi connectivity index (χ0) is 70.9. The molecule has 0 aromatic rings. The van der Waals surface area contributed by atoms with Crippen LogP contribution in [0.25, 0.3) is 0 Å². The normalized spacial score (nSPS) is 14.8. The minimum Gasteiger partial charge on any atom is -0.463 e. The first-order valence-corrected chi connectivity index (χ1v) is 40.5. The molecule has 0 bridgehead atoms. The average Bonchev–Trinajstić information content (AvgIpc) is 1.48. The highest BCUT2D eigenvalue weighted by molar-refractivity contribution is 7.47. The van der Waals surface area contributed by atoms with Crippen molar-refractivity contribution in [1.82, 2.24) is 0 Å². The molecule has 0 amide bonds. The lowest BCUT2D eigenvalue weighted by atomic mass is 10.0. The number of ether oxygens (including phenoxy) is 3. The van der Waals surface area contributed by atoms with Crippen LogP contribution in [-0.2, 0) is 55.8 Å². The number of unbranched alkanes of at least 4 members (excludes halogenated alkanes) is 25. The number of esters is 3. The van der Waals surface area contributed by atoms with E-state index in [9.17, 15) is 43.5 Å². The number of rotatable bonds is 70. The third kappa shape index (κ3) is 72.8. The molecule has 0 radical (unpaired) electrons. The lowest BCUT2D eigenvalue weighted by molar-refractivity contribution is -0.161. The van der Waals surface area contributed by atoms with Crippen molar-refractivity contribution in [2.45, 2.75) is 309 Å². The van der Waals surface area contributed by atoms with E-state index in [0.717, 1.165) is 128 Å². The maximum Gasteiger partial charge on any atom is 0.472 e. The SMILES string of the molecule is CC/C=C\C/C=C\C/C=C\C/C=C\C/C=C\C/C=C\CCCCCCCCCCCCC(=O)OCC(O)COP(=O)(O)OCC(O)COP(=O)(O)OCC(COC(=O)CCC/C=C\C/C=C\C/C=C\C/C=C\C/C=C\CC)OC(=O)CCCCCCCCCCCCCCCCC. The summed E-state index contributed by atoms with van der Waals surface area (Å²) in [4.78, 5) is 58.5. The first-order chi connectivity index (χ1) is 47.2. The Morgan fingerprint density at radius 1 is 0.299 bits per heavy atom. The highest BCUT2D eigenvalue weighted by Gasteiger charge is 2.29. The molecule has 0 aliphatic carbocycles. The minimum atomic E-state index is -4.94. The van der Waals surface area contributed by atoms with Crippen molar-refractivity contribution in [3.63, 3.8) is 0 Å². The first-order valence-electron chi connectivity index (χ1n) is 37.5. The van der Waals surface area contributed by atoms with Gasteiger partial charge in [0, 0.05) is 19.3 Å². The van der Waals surface area contributed by atoms with Crippen molar-refractivity contribution in [2.75, 3.05) is 39.6 Å². The second-order valence-electron chi connectivity index (χ2n) is 24.7. The summed E-state index contributed by atoms with van der Waals surface area (Å²) in [6.07, 6.45) is 85.1. The molecule has 556 valence electrons. The number of aliphatic hydroxyl groups is 2. The van der Waals surface area contributed by atoms with Gasteiger partial charge < -0.3 is 34.2 Å². The summed E-state index contributed by atoms with van der Waals surface area (Å²) >= 11 is 0. The van der Waals surface area contributed by atoms with Crippen LogP contribution in [0.5, 0.6) is 0 Å². The van der Waals surface area contributed by atoms with Crippen molar-refractivity contribution >= 4 is 33.6 Å². The van der Waals surface area contributed by atoms with Gasteiger partial charge in [-0.3, -0.25) is 32.5 Å². The molecule has 16 nitrogen and oxygen atoms in total. The fourth-order valence-corrected chi connectivity index (χ4v) is 11.3. The molecule has 0 heterocycles. The molecule has 18 heteroatoms. The lowest BCUT2D eigenvalue weighted by Gasteiger charge is -2.21. The third-order valence-electron chi connectivity index (χ3n) is 15.4. The van der Waals surface area contributed by atoms with E-state index in [-0.39, 0.29) is 19.3 Å². The van der Waals surface area contributed by atoms with E-state index in [4.69, 9.17) is 32.3 Å². The summed E-state index contributed by atoms with van der Waals surface area (Å²) in [5.41, 5.74) is 0. The first kappa shape index (κ1) is 92.7. The van der Waals surface area contributed by atoms with Crippen molar-refractivity contribution in [2.24, 2.45) is 0 Å². The predicted octanol–water partition coefficient (Wildman–Crippen LogP) is 21.5. The van der Waals surface area contributed by atoms with Gasteiger partial charge in [0.2, 0.25) is 0 Å². The molecule has 97 heavy (non-hydrogen) atoms. The fourth-order valence-electron chi connectivity index (χ4n) is 9.73. The molecular weight excluding hydrogens is 1270 g/mol. The molecule has 5 unspecified atom stereocenters. The zero-order valence-corrected chi connectivity index (χ0v) is 62.2. The van der Waals surface area contributed by atoms with Gasteiger partial charge in [-0.05, 0) is 109 Å². The quantitative estimate of drug-likeness (QED) is 0.0146. The molecule has 0 aromatic heterocycles. The predicted molar refractivity (Wildman–Crippen MR) is 399 cm³/mol. The summed E-state index contributed by atoms with van der Waals surface area (Å²) in [7, 11) is -9.80. The Hall–Kier alpha value is -4.31. The number of hydrogen-bond donors (Lipinski definition) is 4. The smallest absolute Gasteiger partial charge is 0.463 e. The Morgan fingerprint density at radius 3 is 0.907 bits per heavy atom. The van der Waals surface area contributed by atoms with Crippen LogP contribution < -0.4 is 0 Å². The molecular formula is C79H134O16P2. The van der Waals surface area contributed by atoms with Gasteiger partial charge in [0.05, 0.1) is 26.4 Å². The van der Waals surface area contributed by atoms with Crippen LogP contribution in [0, 0.1) is 0 Å². The minimum absolute atomic E-state index is 0.0916.